The van der Waals surface area contributed by atoms with Crippen LogP contribution in [0.4, 0.5) is 4.79 Å². The molecule has 0 spiro atoms. The molecule has 0 aliphatic rings. The second-order valence-electron chi connectivity index (χ2n) is 1.31. The van der Waals surface area contributed by atoms with Crippen molar-refractivity contribution in [2.75, 3.05) is 13.7 Å². The molecule has 0 aliphatic carbocycles. The summed E-state index contributed by atoms with van der Waals surface area (Å²) in [5, 5.41) is 9.03. The van der Waals surface area contributed by atoms with E-state index in [1.807, 2.05) is 0 Å². The maximum absolute atomic E-state index is 10.1. The van der Waals surface area contributed by atoms with Gasteiger partial charge in [0.15, 0.2) is 0 Å². The van der Waals surface area contributed by atoms with Crippen LogP contribution in [-0.2, 0) is 4.84 Å². The van der Waals surface area contributed by atoms with Crippen LogP contribution in [0.5, 0.6) is 0 Å². The predicted molar refractivity (Wildman–Crippen MR) is 31.9 cm³/mol. The summed E-state index contributed by atoms with van der Waals surface area (Å²) in [6.45, 7) is 3.53. The van der Waals surface area contributed by atoms with Crippen molar-refractivity contribution in [3.63, 3.8) is 0 Å². The van der Waals surface area contributed by atoms with E-state index in [0.717, 1.165) is 5.06 Å². The summed E-state index contributed by atoms with van der Waals surface area (Å²) in [7, 11) is 1.29. The lowest BCUT2D eigenvalue weighted by Crippen LogP contribution is -2.27. The van der Waals surface area contributed by atoms with E-state index in [4.69, 9.17) is 5.11 Å². The Morgan fingerprint density at radius 2 is 2.56 bits per heavy atom. The highest BCUT2D eigenvalue weighted by molar-refractivity contribution is 5.63. The maximum Gasteiger partial charge on any atom is 0.431 e. The Kier molecular flexibility index (Phi) is 3.46. The van der Waals surface area contributed by atoms with Gasteiger partial charge < -0.3 is 5.11 Å². The second kappa shape index (κ2) is 3.91. The number of hydroxylamine groups is 2. The third kappa shape index (κ3) is 2.71. The van der Waals surface area contributed by atoms with Crippen molar-refractivity contribution in [2.45, 2.75) is 0 Å². The number of rotatable bonds is 3. The lowest BCUT2D eigenvalue weighted by molar-refractivity contribution is -0.0938. The fraction of sp³-hybridized carbons (Fsp3) is 0.400. The van der Waals surface area contributed by atoms with Gasteiger partial charge in [-0.15, -0.1) is 6.58 Å². The van der Waals surface area contributed by atoms with E-state index in [-0.39, 0.29) is 6.54 Å². The molecule has 0 rings (SSSR count). The van der Waals surface area contributed by atoms with Crippen LogP contribution in [0.2, 0.25) is 0 Å². The van der Waals surface area contributed by atoms with Crippen molar-refractivity contribution < 1.29 is 14.7 Å². The van der Waals surface area contributed by atoms with Crippen LogP contribution >= 0.6 is 0 Å². The summed E-state index contributed by atoms with van der Waals surface area (Å²) in [5.74, 6) is 0. The molecule has 0 aromatic carbocycles. The van der Waals surface area contributed by atoms with Crippen molar-refractivity contribution >= 4 is 6.09 Å². The van der Waals surface area contributed by atoms with Crippen LogP contribution in [0.25, 0.3) is 0 Å². The Balaban J connectivity index is 3.67. The molecule has 0 aromatic rings. The molecule has 1 N–H and O–H groups in total. The molecule has 4 nitrogen and oxygen atoms in total. The van der Waals surface area contributed by atoms with Crippen LogP contribution < -0.4 is 0 Å². The first-order valence-electron chi connectivity index (χ1n) is 2.37. The highest BCUT2D eigenvalue weighted by Gasteiger charge is 2.06. The minimum absolute atomic E-state index is 0.186. The van der Waals surface area contributed by atoms with Crippen molar-refractivity contribution in [1.29, 1.82) is 0 Å². The smallest absolute Gasteiger partial charge is 0.431 e. The summed E-state index contributed by atoms with van der Waals surface area (Å²) in [5.41, 5.74) is 0. The van der Waals surface area contributed by atoms with Crippen LogP contribution in [0.3, 0.4) is 0 Å². The lowest BCUT2D eigenvalue weighted by atomic mass is 10.6. The van der Waals surface area contributed by atoms with Gasteiger partial charge in [-0.2, -0.15) is 5.06 Å². The monoisotopic (exact) mass is 131 g/mol. The fourth-order valence-electron chi connectivity index (χ4n) is 0.348. The minimum Gasteiger partial charge on any atom is -0.463 e. The van der Waals surface area contributed by atoms with Gasteiger partial charge in [-0.3, -0.25) is 4.84 Å². The van der Waals surface area contributed by atoms with Gasteiger partial charge in [-0.05, 0) is 0 Å². The second-order valence-corrected chi connectivity index (χ2v) is 1.31. The van der Waals surface area contributed by atoms with Gasteiger partial charge in [0.1, 0.15) is 0 Å². The van der Waals surface area contributed by atoms with Crippen LogP contribution in [0, 0.1) is 0 Å². The summed E-state index contributed by atoms with van der Waals surface area (Å²) < 4.78 is 0. The number of carbonyl (C=O) groups is 1. The molecule has 0 aromatic heterocycles. The zero-order valence-electron chi connectivity index (χ0n) is 5.20. The Hall–Kier alpha value is -1.03. The van der Waals surface area contributed by atoms with Crippen molar-refractivity contribution in [3.05, 3.63) is 12.7 Å². The first kappa shape index (κ1) is 7.97. The number of amides is 1. The van der Waals surface area contributed by atoms with Gasteiger partial charge >= 0.3 is 6.09 Å². The topological polar surface area (TPSA) is 49.8 Å². The van der Waals surface area contributed by atoms with Crippen molar-refractivity contribution in [2.24, 2.45) is 0 Å². The highest BCUT2D eigenvalue weighted by atomic mass is 16.7. The first-order chi connectivity index (χ1) is 4.22. The van der Waals surface area contributed by atoms with Gasteiger partial charge in [0, 0.05) is 0 Å². The van der Waals surface area contributed by atoms with E-state index in [1.165, 1.54) is 13.2 Å². The zero-order valence-corrected chi connectivity index (χ0v) is 5.20. The van der Waals surface area contributed by atoms with E-state index in [9.17, 15) is 4.79 Å². The Bertz CT molecular complexity index is 113. The molecule has 1 amide bonds. The molecule has 0 radical (unpaired) electrons. The van der Waals surface area contributed by atoms with Crippen molar-refractivity contribution in [3.8, 4) is 0 Å². The molecule has 0 saturated carbocycles. The Morgan fingerprint density at radius 1 is 2.00 bits per heavy atom. The van der Waals surface area contributed by atoms with E-state index in [2.05, 4.69) is 11.4 Å². The van der Waals surface area contributed by atoms with Gasteiger partial charge in [0.25, 0.3) is 0 Å². The van der Waals surface area contributed by atoms with Crippen molar-refractivity contribution in [1.82, 2.24) is 5.06 Å². The fourth-order valence-corrected chi connectivity index (χ4v) is 0.348. The SMILES string of the molecule is C=CCN(OC)C(=O)O. The average Bonchev–Trinajstić information content (AvgIpc) is 1.82. The van der Waals surface area contributed by atoms with Gasteiger partial charge in [0.05, 0.1) is 13.7 Å². The lowest BCUT2D eigenvalue weighted by Gasteiger charge is -2.11. The zero-order chi connectivity index (χ0) is 7.28. The molecule has 0 saturated heterocycles. The Labute approximate surface area is 53.3 Å². The molecule has 0 unspecified atom stereocenters. The summed E-state index contributed by atoms with van der Waals surface area (Å²) in [6, 6.07) is 0. The molecular formula is C5H9NO3. The van der Waals surface area contributed by atoms with Crippen LogP contribution in [0.1, 0.15) is 0 Å². The van der Waals surface area contributed by atoms with E-state index in [0.29, 0.717) is 0 Å². The molecule has 52 valence electrons. The van der Waals surface area contributed by atoms with E-state index in [1.54, 1.807) is 0 Å². The molecule has 0 heterocycles. The standard InChI is InChI=1S/C5H9NO3/c1-3-4-6(9-2)5(7)8/h3H,1,4H2,2H3,(H,7,8). The highest BCUT2D eigenvalue weighted by Crippen LogP contribution is 1.87. The maximum atomic E-state index is 10.1. The van der Waals surface area contributed by atoms with Crippen LogP contribution in [-0.4, -0.2) is 29.9 Å². The summed E-state index contributed by atoms with van der Waals surface area (Å²) in [4.78, 5) is 14.5. The number of nitrogens with zero attached hydrogens (tertiary/aromatic N) is 1. The number of hydrogen-bond acceptors (Lipinski definition) is 2. The van der Waals surface area contributed by atoms with Crippen LogP contribution in [0.15, 0.2) is 12.7 Å². The normalized spacial score (nSPS) is 8.56. The van der Waals surface area contributed by atoms with E-state index < -0.39 is 6.09 Å². The molecular weight excluding hydrogens is 122 g/mol. The molecule has 0 aliphatic heterocycles. The van der Waals surface area contributed by atoms with Gasteiger partial charge in [-0.1, -0.05) is 6.08 Å². The van der Waals surface area contributed by atoms with Gasteiger partial charge in [0.2, 0.25) is 0 Å². The van der Waals surface area contributed by atoms with E-state index >= 15 is 0 Å². The minimum atomic E-state index is -1.11. The molecule has 9 heavy (non-hydrogen) atoms. The molecule has 0 fully saturated rings. The third-order valence-electron chi connectivity index (χ3n) is 0.729. The first-order valence-corrected chi connectivity index (χ1v) is 2.37. The third-order valence-corrected chi connectivity index (χ3v) is 0.729. The predicted octanol–water partition coefficient (Wildman–Crippen LogP) is 0.714. The quantitative estimate of drug-likeness (QED) is 0.453. The molecule has 0 bridgehead atoms. The largest absolute Gasteiger partial charge is 0.463 e. The number of hydrogen-bond donors (Lipinski definition) is 1. The molecule has 4 heteroatoms. The molecule has 0 atom stereocenters. The number of carboxylic acid groups (broad SMARTS) is 1. The summed E-state index contributed by atoms with van der Waals surface area (Å²) >= 11 is 0. The van der Waals surface area contributed by atoms with Gasteiger partial charge in [-0.25, -0.2) is 4.79 Å². The average molecular weight is 131 g/mol. The summed E-state index contributed by atoms with van der Waals surface area (Å²) in [6.07, 6.45) is 0.329. The Morgan fingerprint density at radius 3 is 2.67 bits per heavy atom.